The van der Waals surface area contributed by atoms with Crippen LogP contribution in [0.1, 0.15) is 0 Å². The summed E-state index contributed by atoms with van der Waals surface area (Å²) in [5.74, 6) is 3.64. The predicted octanol–water partition coefficient (Wildman–Crippen LogP) is 12.6. The molecule has 69 heavy (non-hydrogen) atoms. The first-order valence-corrected chi connectivity index (χ1v) is 23.2. The van der Waals surface area contributed by atoms with Crippen molar-refractivity contribution in [1.29, 1.82) is 0 Å². The maximum Gasteiger partial charge on any atom is 0.333 e. The zero-order valence-corrected chi connectivity index (χ0v) is 37.0. The lowest BCUT2D eigenvalue weighted by Gasteiger charge is -2.41. The molecule has 0 unspecified atom stereocenters. The van der Waals surface area contributed by atoms with Gasteiger partial charge in [-0.2, -0.15) is 0 Å². The molecule has 12 aromatic rings. The van der Waals surface area contributed by atoms with E-state index >= 15 is 0 Å². The van der Waals surface area contributed by atoms with Gasteiger partial charge in [0.15, 0.2) is 34.9 Å². The van der Waals surface area contributed by atoms with Gasteiger partial charge >= 0.3 is 6.85 Å². The van der Waals surface area contributed by atoms with Crippen LogP contribution in [0.15, 0.2) is 224 Å². The third-order valence-electron chi connectivity index (χ3n) is 13.4. The van der Waals surface area contributed by atoms with Gasteiger partial charge < -0.3 is 9.38 Å². The van der Waals surface area contributed by atoms with Gasteiger partial charge in [0.25, 0.3) is 0 Å². The topological polar surface area (TPSA) is 85.5 Å². The molecule has 0 fully saturated rings. The lowest BCUT2D eigenvalue weighted by molar-refractivity contribution is 1.07. The van der Waals surface area contributed by atoms with E-state index in [1.807, 2.05) is 97.1 Å². The Balaban J connectivity index is 1.06. The highest BCUT2D eigenvalue weighted by Crippen LogP contribution is 2.47. The first-order chi connectivity index (χ1) is 34.2. The molecule has 0 saturated carbocycles. The van der Waals surface area contributed by atoms with Gasteiger partial charge in [-0.1, -0.05) is 188 Å². The van der Waals surface area contributed by atoms with Gasteiger partial charge in [-0.15, -0.1) is 0 Å². The van der Waals surface area contributed by atoms with Crippen LogP contribution in [-0.4, -0.2) is 41.2 Å². The number of benzene rings is 9. The molecule has 8 nitrogen and oxygen atoms in total. The molecule has 0 N–H and O–H groups in total. The highest BCUT2D eigenvalue weighted by molar-refractivity contribution is 6.90. The van der Waals surface area contributed by atoms with Crippen LogP contribution in [0.2, 0.25) is 0 Å². The van der Waals surface area contributed by atoms with E-state index in [9.17, 15) is 0 Å². The van der Waals surface area contributed by atoms with E-state index in [2.05, 4.69) is 137 Å². The molecule has 9 aromatic carbocycles. The number of para-hydroxylation sites is 3. The predicted molar refractivity (Wildman–Crippen MR) is 279 cm³/mol. The van der Waals surface area contributed by atoms with Crippen molar-refractivity contribution in [1.82, 2.24) is 34.4 Å². The normalized spacial score (nSPS) is 12.3. The summed E-state index contributed by atoms with van der Waals surface area (Å²) in [6.07, 6.45) is 0. The molecule has 0 aliphatic carbocycles. The fourth-order valence-corrected chi connectivity index (χ4v) is 10.4. The Morgan fingerprint density at radius 2 is 0.768 bits per heavy atom. The molecule has 320 valence electrons. The number of hydrogen-bond donors (Lipinski definition) is 0. The fraction of sp³-hybridized carbons (Fsp3) is 0. The Kier molecular flexibility index (Phi) is 8.82. The van der Waals surface area contributed by atoms with E-state index in [-0.39, 0.29) is 6.85 Å². The first kappa shape index (κ1) is 38.9. The van der Waals surface area contributed by atoms with Gasteiger partial charge in [0.05, 0.1) is 0 Å². The first-order valence-electron chi connectivity index (χ1n) is 23.2. The minimum atomic E-state index is -0.179. The summed E-state index contributed by atoms with van der Waals surface area (Å²) in [5.41, 5.74) is 15.6. The van der Waals surface area contributed by atoms with E-state index in [0.717, 1.165) is 56.0 Å². The summed E-state index contributed by atoms with van der Waals surface area (Å²) < 4.78 is 2.57. The minimum absolute atomic E-state index is 0.179. The quantitative estimate of drug-likeness (QED) is 0.147. The second kappa shape index (κ2) is 15.6. The van der Waals surface area contributed by atoms with Crippen LogP contribution in [0.5, 0.6) is 0 Å². The number of nitrogens with zero attached hydrogens (tertiary/aromatic N) is 8. The summed E-state index contributed by atoms with van der Waals surface area (Å²) >= 11 is 0. The van der Waals surface area contributed by atoms with Crippen molar-refractivity contribution in [3.8, 4) is 79.5 Å². The monoisotopic (exact) mass is 880 g/mol. The molecule has 0 saturated heterocycles. The second-order valence-corrected chi connectivity index (χ2v) is 17.5. The van der Waals surface area contributed by atoms with Crippen LogP contribution in [0.3, 0.4) is 0 Å². The SMILES string of the molecule is c1ccc(-c2nc(-c3ccccc3)nc(-c3ccc4c(c3)N(c3ccccc3)c3cc(-c5nc(-c6ccccc6)nc(-c6ccccc6)n5)cc5c3B4n3c4ccccc4c4cccc-5c43)n2)cc1. The lowest BCUT2D eigenvalue weighted by Crippen LogP contribution is -2.56. The van der Waals surface area contributed by atoms with Crippen LogP contribution in [0.25, 0.3) is 101 Å². The number of rotatable bonds is 7. The molecular formula is C60H37BN8. The maximum atomic E-state index is 5.28. The highest BCUT2D eigenvalue weighted by atomic mass is 15.2. The Labute approximate surface area is 398 Å². The molecule has 0 amide bonds. The highest BCUT2D eigenvalue weighted by Gasteiger charge is 2.43. The molecule has 5 heterocycles. The van der Waals surface area contributed by atoms with E-state index < -0.39 is 0 Å². The smallest absolute Gasteiger partial charge is 0.333 e. The average molecular weight is 881 g/mol. The summed E-state index contributed by atoms with van der Waals surface area (Å²) in [6.45, 7) is -0.179. The van der Waals surface area contributed by atoms with Crippen molar-refractivity contribution in [3.63, 3.8) is 0 Å². The molecule has 14 rings (SSSR count). The maximum absolute atomic E-state index is 5.28. The van der Waals surface area contributed by atoms with Crippen molar-refractivity contribution in [3.05, 3.63) is 224 Å². The third kappa shape index (κ3) is 6.32. The van der Waals surface area contributed by atoms with Crippen LogP contribution >= 0.6 is 0 Å². The zero-order valence-electron chi connectivity index (χ0n) is 37.0. The summed E-state index contributed by atoms with van der Waals surface area (Å²) in [6, 6.07) is 78.1. The lowest BCUT2D eigenvalue weighted by atomic mass is 9.45. The number of anilines is 3. The number of aromatic nitrogens is 7. The number of fused-ring (bicyclic) bond motifs is 7. The van der Waals surface area contributed by atoms with Gasteiger partial charge in [0, 0.05) is 77.8 Å². The van der Waals surface area contributed by atoms with Crippen LogP contribution in [-0.2, 0) is 0 Å². The fourth-order valence-electron chi connectivity index (χ4n) is 10.4. The Bertz CT molecular complexity index is 3840. The summed E-state index contributed by atoms with van der Waals surface area (Å²) in [5, 5.41) is 2.44. The van der Waals surface area contributed by atoms with Crippen molar-refractivity contribution in [2.75, 3.05) is 4.90 Å². The summed E-state index contributed by atoms with van der Waals surface area (Å²) in [7, 11) is 0. The molecule has 0 atom stereocenters. The Hall–Kier alpha value is -9.34. The molecule has 9 heteroatoms. The van der Waals surface area contributed by atoms with Gasteiger partial charge in [-0.3, -0.25) is 0 Å². The molecule has 2 aliphatic heterocycles. The zero-order chi connectivity index (χ0) is 45.4. The molecule has 0 bridgehead atoms. The molecule has 2 aliphatic rings. The van der Waals surface area contributed by atoms with Crippen molar-refractivity contribution >= 4 is 56.6 Å². The van der Waals surface area contributed by atoms with Crippen LogP contribution in [0, 0.1) is 0 Å². The molecule has 0 spiro atoms. The Morgan fingerprint density at radius 3 is 1.32 bits per heavy atom. The number of hydrogen-bond acceptors (Lipinski definition) is 7. The van der Waals surface area contributed by atoms with Gasteiger partial charge in [-0.25, -0.2) is 29.9 Å². The van der Waals surface area contributed by atoms with Crippen molar-refractivity contribution < 1.29 is 0 Å². The van der Waals surface area contributed by atoms with E-state index in [4.69, 9.17) is 29.9 Å². The summed E-state index contributed by atoms with van der Waals surface area (Å²) in [4.78, 5) is 33.5. The van der Waals surface area contributed by atoms with Crippen molar-refractivity contribution in [2.24, 2.45) is 0 Å². The van der Waals surface area contributed by atoms with Crippen LogP contribution < -0.4 is 15.8 Å². The Morgan fingerprint density at radius 1 is 0.319 bits per heavy atom. The van der Waals surface area contributed by atoms with Gasteiger partial charge in [0.2, 0.25) is 0 Å². The van der Waals surface area contributed by atoms with Crippen molar-refractivity contribution in [2.45, 2.75) is 0 Å². The largest absolute Gasteiger partial charge is 0.375 e. The van der Waals surface area contributed by atoms with Crippen LogP contribution in [0.4, 0.5) is 17.1 Å². The van der Waals surface area contributed by atoms with E-state index in [0.29, 0.717) is 34.9 Å². The third-order valence-corrected chi connectivity index (χ3v) is 13.4. The molecular weight excluding hydrogens is 844 g/mol. The standard InChI is InChI=1S/C60H37BN8/c1-6-19-38(20-7-1)55-62-56(39-21-8-2-9-22-39)65-59(64-55)42-33-34-49-51(36-42)68(44-27-14-5-15-28-44)52-37-43(60-66-57(40-23-10-3-11-24-40)63-58(67-60)41-25-12-4-13-26-41)35-48-47-31-18-30-46-45-29-16-17-32-50(45)69(54(46)47)61(49)53(48)52/h1-37H. The second-order valence-electron chi connectivity index (χ2n) is 17.5. The van der Waals surface area contributed by atoms with Gasteiger partial charge in [-0.05, 0) is 52.9 Å². The molecule has 3 aromatic heterocycles. The average Bonchev–Trinajstić information content (AvgIpc) is 3.77. The molecule has 0 radical (unpaired) electrons. The van der Waals surface area contributed by atoms with E-state index in [1.165, 1.54) is 38.3 Å². The minimum Gasteiger partial charge on any atom is -0.375 e. The van der Waals surface area contributed by atoms with Gasteiger partial charge in [0.1, 0.15) is 0 Å². The van der Waals surface area contributed by atoms with E-state index in [1.54, 1.807) is 0 Å².